The monoisotopic (exact) mass is 219 g/mol. The van der Waals surface area contributed by atoms with E-state index in [1.165, 1.54) is 11.3 Å². The van der Waals surface area contributed by atoms with Gasteiger partial charge in [0.25, 0.3) is 0 Å². The molecule has 13 heavy (non-hydrogen) atoms. The van der Waals surface area contributed by atoms with Crippen molar-refractivity contribution >= 4 is 28.9 Å². The summed E-state index contributed by atoms with van der Waals surface area (Å²) in [5.74, 6) is 5.61. The van der Waals surface area contributed by atoms with E-state index < -0.39 is 0 Å². The Morgan fingerprint density at radius 3 is 3.08 bits per heavy atom. The molecular weight excluding hydrogens is 210 g/mol. The number of nitrogens with one attached hydrogen (secondary N) is 2. The van der Waals surface area contributed by atoms with Crippen molar-refractivity contribution in [3.63, 3.8) is 0 Å². The van der Waals surface area contributed by atoms with Gasteiger partial charge in [0.15, 0.2) is 4.47 Å². The Balaban J connectivity index is 2.43. The highest BCUT2D eigenvalue weighted by Gasteiger charge is 1.99. The average Bonchev–Trinajstić information content (AvgIpc) is 2.53. The van der Waals surface area contributed by atoms with Crippen LogP contribution < -0.4 is 16.5 Å². The van der Waals surface area contributed by atoms with Crippen LogP contribution in [0.4, 0.5) is 0 Å². The van der Waals surface area contributed by atoms with Crippen molar-refractivity contribution in [2.45, 2.75) is 6.54 Å². The lowest BCUT2D eigenvalue weighted by Crippen LogP contribution is -2.34. The third kappa shape index (κ3) is 3.08. The standard InChI is InChI=1S/C6H10ClN5S/c1-9-6(12-8)11-3-4-2-10-5(7)13-4/h2H,3,8H2,1H3,(H2,9,11,12). The highest BCUT2D eigenvalue weighted by Crippen LogP contribution is 2.16. The minimum atomic E-state index is 0.532. The number of halogens is 1. The van der Waals surface area contributed by atoms with Crippen LogP contribution in [0.3, 0.4) is 0 Å². The van der Waals surface area contributed by atoms with Crippen molar-refractivity contribution in [1.29, 1.82) is 0 Å². The van der Waals surface area contributed by atoms with Crippen LogP contribution in [0.25, 0.3) is 0 Å². The molecule has 0 aliphatic rings. The van der Waals surface area contributed by atoms with Gasteiger partial charge in [-0.3, -0.25) is 0 Å². The summed E-state index contributed by atoms with van der Waals surface area (Å²) in [4.78, 5) is 4.93. The van der Waals surface area contributed by atoms with Crippen molar-refractivity contribution in [2.24, 2.45) is 10.9 Å². The van der Waals surface area contributed by atoms with E-state index in [1.54, 1.807) is 13.2 Å². The number of nitrogens with two attached hydrogens (primary N) is 1. The number of hydrogen-bond acceptors (Lipinski definition) is 4. The highest BCUT2D eigenvalue weighted by atomic mass is 35.5. The molecule has 4 N–H and O–H groups in total. The first-order valence-electron chi connectivity index (χ1n) is 3.56. The van der Waals surface area contributed by atoms with Gasteiger partial charge in [-0.15, -0.1) is 16.4 Å². The van der Waals surface area contributed by atoms with Crippen LogP contribution in [0, 0.1) is 0 Å². The topological polar surface area (TPSA) is 75.3 Å². The second kappa shape index (κ2) is 4.88. The van der Waals surface area contributed by atoms with Crippen molar-refractivity contribution in [3.8, 4) is 0 Å². The Morgan fingerprint density at radius 2 is 2.62 bits per heavy atom. The van der Waals surface area contributed by atoms with Crippen molar-refractivity contribution in [3.05, 3.63) is 15.5 Å². The number of rotatable bonds is 2. The third-order valence-electron chi connectivity index (χ3n) is 1.32. The van der Waals surface area contributed by atoms with Gasteiger partial charge in [-0.1, -0.05) is 11.6 Å². The summed E-state index contributed by atoms with van der Waals surface area (Å²) in [6.07, 6.45) is 1.71. The molecule has 1 aromatic rings. The zero-order chi connectivity index (χ0) is 9.68. The fourth-order valence-corrected chi connectivity index (χ4v) is 1.65. The van der Waals surface area contributed by atoms with Gasteiger partial charge in [0.2, 0.25) is 5.96 Å². The Morgan fingerprint density at radius 1 is 1.85 bits per heavy atom. The molecule has 0 saturated carbocycles. The van der Waals surface area contributed by atoms with Crippen molar-refractivity contribution in [1.82, 2.24) is 15.6 Å². The van der Waals surface area contributed by atoms with E-state index in [2.05, 4.69) is 20.7 Å². The largest absolute Gasteiger partial charge is 0.358 e. The maximum absolute atomic E-state index is 5.65. The summed E-state index contributed by atoms with van der Waals surface area (Å²) < 4.78 is 0.535. The molecule has 0 atom stereocenters. The molecule has 0 saturated heterocycles. The van der Waals surface area contributed by atoms with Crippen LogP contribution in [0.1, 0.15) is 4.88 Å². The van der Waals surface area contributed by atoms with Crippen molar-refractivity contribution < 1.29 is 0 Å². The minimum absolute atomic E-state index is 0.532. The Kier molecular flexibility index (Phi) is 3.78. The molecule has 0 fully saturated rings. The molecule has 1 aromatic heterocycles. The highest BCUT2D eigenvalue weighted by molar-refractivity contribution is 7.15. The molecule has 5 nitrogen and oxygen atoms in total. The van der Waals surface area contributed by atoms with Gasteiger partial charge in [0, 0.05) is 18.1 Å². The fraction of sp³-hybridized carbons (Fsp3) is 0.333. The second-order valence-corrected chi connectivity index (χ2v) is 3.86. The predicted octanol–water partition coefficient (Wildman–Crippen LogP) is 0.335. The molecule has 0 aromatic carbocycles. The molecule has 1 rings (SSSR count). The van der Waals surface area contributed by atoms with E-state index in [0.29, 0.717) is 17.0 Å². The van der Waals surface area contributed by atoms with E-state index in [-0.39, 0.29) is 0 Å². The smallest absolute Gasteiger partial charge is 0.213 e. The van der Waals surface area contributed by atoms with Crippen LogP contribution in [-0.2, 0) is 6.54 Å². The van der Waals surface area contributed by atoms with Gasteiger partial charge >= 0.3 is 0 Å². The molecule has 0 aliphatic carbocycles. The molecule has 0 aliphatic heterocycles. The quantitative estimate of drug-likeness (QED) is 0.290. The van der Waals surface area contributed by atoms with Crippen LogP contribution in [0.2, 0.25) is 4.47 Å². The molecule has 0 radical (unpaired) electrons. The van der Waals surface area contributed by atoms with Crippen LogP contribution in [-0.4, -0.2) is 18.0 Å². The van der Waals surface area contributed by atoms with E-state index >= 15 is 0 Å². The minimum Gasteiger partial charge on any atom is -0.358 e. The van der Waals surface area contributed by atoms with Crippen LogP contribution >= 0.6 is 22.9 Å². The summed E-state index contributed by atoms with van der Waals surface area (Å²) >= 11 is 7.07. The number of hydrogen-bond donors (Lipinski definition) is 3. The lowest BCUT2D eigenvalue weighted by Gasteiger charge is -2.05. The molecule has 0 unspecified atom stereocenters. The van der Waals surface area contributed by atoms with Gasteiger partial charge in [-0.05, 0) is 0 Å². The Labute approximate surface area is 85.0 Å². The zero-order valence-corrected chi connectivity index (χ0v) is 8.61. The zero-order valence-electron chi connectivity index (χ0n) is 7.04. The molecule has 72 valence electrons. The lowest BCUT2D eigenvalue weighted by molar-refractivity contribution is 0.869. The number of hydrazone groups is 1. The number of guanidine groups is 1. The predicted molar refractivity (Wildman–Crippen MR) is 54.6 cm³/mol. The van der Waals surface area contributed by atoms with Gasteiger partial charge in [-0.25, -0.2) is 4.98 Å². The van der Waals surface area contributed by atoms with Crippen molar-refractivity contribution in [2.75, 3.05) is 7.05 Å². The van der Waals surface area contributed by atoms with Crippen LogP contribution in [0.5, 0.6) is 0 Å². The Hall–Kier alpha value is -1.01. The molecule has 1 heterocycles. The average molecular weight is 220 g/mol. The van der Waals surface area contributed by atoms with Gasteiger partial charge in [-0.2, -0.15) is 0 Å². The third-order valence-corrected chi connectivity index (χ3v) is 2.44. The fourth-order valence-electron chi connectivity index (χ4n) is 0.735. The maximum atomic E-state index is 5.65. The van der Waals surface area contributed by atoms with E-state index in [0.717, 1.165) is 4.88 Å². The SMILES string of the molecule is CNC(=NN)NCc1cnc(Cl)s1. The molecule has 7 heteroatoms. The van der Waals surface area contributed by atoms with Gasteiger partial charge < -0.3 is 16.5 Å². The van der Waals surface area contributed by atoms with E-state index in [9.17, 15) is 0 Å². The summed E-state index contributed by atoms with van der Waals surface area (Å²) in [5.41, 5.74) is 0. The van der Waals surface area contributed by atoms with Crippen LogP contribution in [0.15, 0.2) is 11.3 Å². The summed E-state index contributed by atoms with van der Waals surface area (Å²) in [7, 11) is 1.73. The second-order valence-electron chi connectivity index (χ2n) is 2.16. The molecule has 0 amide bonds. The lowest BCUT2D eigenvalue weighted by atomic mass is 10.5. The number of nitrogens with zero attached hydrogens (tertiary/aromatic N) is 2. The summed E-state index contributed by atoms with van der Waals surface area (Å²) in [6.45, 7) is 0.612. The maximum Gasteiger partial charge on any atom is 0.213 e. The van der Waals surface area contributed by atoms with E-state index in [1.807, 2.05) is 0 Å². The first-order valence-corrected chi connectivity index (χ1v) is 4.75. The summed E-state index contributed by atoms with van der Waals surface area (Å²) in [6, 6.07) is 0. The Bertz CT molecular complexity index is 297. The first kappa shape index (κ1) is 10.1. The molecule has 0 spiro atoms. The first-order chi connectivity index (χ1) is 6.26. The normalized spacial score (nSPS) is 11.4. The number of thiazole rings is 1. The van der Waals surface area contributed by atoms with E-state index in [4.69, 9.17) is 17.4 Å². The molecule has 0 bridgehead atoms. The number of aromatic nitrogens is 1. The van der Waals surface area contributed by atoms with Gasteiger partial charge in [0.1, 0.15) is 0 Å². The summed E-state index contributed by atoms with van der Waals surface area (Å²) in [5, 5.41) is 9.24. The molecular formula is C6H10ClN5S. The van der Waals surface area contributed by atoms with Gasteiger partial charge in [0.05, 0.1) is 6.54 Å².